The topological polar surface area (TPSA) is 109 Å². The van der Waals surface area contributed by atoms with Crippen molar-refractivity contribution in [2.24, 2.45) is 0 Å². The second-order valence-corrected chi connectivity index (χ2v) is 8.11. The molecule has 0 aliphatic carbocycles. The van der Waals surface area contributed by atoms with Crippen LogP contribution in [0.25, 0.3) is 16.9 Å². The number of aliphatic hydroxyl groups is 1. The van der Waals surface area contributed by atoms with E-state index in [0.717, 1.165) is 0 Å². The van der Waals surface area contributed by atoms with Crippen LogP contribution in [-0.2, 0) is 0 Å². The predicted octanol–water partition coefficient (Wildman–Crippen LogP) is 4.09. The summed E-state index contributed by atoms with van der Waals surface area (Å²) in [6.45, 7) is 1.59. The molecule has 0 radical (unpaired) electrons. The van der Waals surface area contributed by atoms with E-state index < -0.39 is 23.7 Å². The summed E-state index contributed by atoms with van der Waals surface area (Å²) >= 11 is 6.28. The maximum absolute atomic E-state index is 14.2. The number of nitrogens with zero attached hydrogens (tertiary/aromatic N) is 3. The van der Waals surface area contributed by atoms with Crippen molar-refractivity contribution in [2.45, 2.75) is 13.0 Å². The average Bonchev–Trinajstić information content (AvgIpc) is 3.27. The van der Waals surface area contributed by atoms with Crippen LogP contribution in [0.15, 0.2) is 72.9 Å². The van der Waals surface area contributed by atoms with Crippen molar-refractivity contribution < 1.29 is 19.1 Å². The smallest absolute Gasteiger partial charge is 0.271 e. The van der Waals surface area contributed by atoms with Crippen molar-refractivity contribution in [1.82, 2.24) is 20.1 Å². The first-order chi connectivity index (χ1) is 16.8. The van der Waals surface area contributed by atoms with E-state index in [4.69, 9.17) is 11.6 Å². The van der Waals surface area contributed by atoms with Gasteiger partial charge < -0.3 is 15.7 Å². The van der Waals surface area contributed by atoms with Crippen LogP contribution in [0.2, 0.25) is 5.02 Å². The minimum atomic E-state index is -0.729. The molecule has 3 N–H and O–H groups in total. The van der Waals surface area contributed by atoms with Crippen molar-refractivity contribution in [1.29, 1.82) is 0 Å². The number of halogens is 2. The molecule has 0 bridgehead atoms. The van der Waals surface area contributed by atoms with Gasteiger partial charge in [-0.05, 0) is 43.3 Å². The molecule has 178 valence electrons. The van der Waals surface area contributed by atoms with Gasteiger partial charge in [0.15, 0.2) is 5.69 Å². The highest BCUT2D eigenvalue weighted by Gasteiger charge is 2.20. The molecule has 0 spiro atoms. The van der Waals surface area contributed by atoms with Gasteiger partial charge in [0, 0.05) is 24.4 Å². The zero-order valence-corrected chi connectivity index (χ0v) is 19.3. The van der Waals surface area contributed by atoms with Gasteiger partial charge in [-0.2, -0.15) is 5.10 Å². The number of aliphatic hydroxyl groups excluding tert-OH is 1. The Balaban J connectivity index is 1.68. The largest absolute Gasteiger partial charge is 0.392 e. The molecule has 2 aromatic carbocycles. The van der Waals surface area contributed by atoms with Crippen molar-refractivity contribution >= 4 is 29.2 Å². The summed E-state index contributed by atoms with van der Waals surface area (Å²) in [6.07, 6.45) is 0.725. The third kappa shape index (κ3) is 5.53. The van der Waals surface area contributed by atoms with Crippen LogP contribution in [0.1, 0.15) is 27.8 Å². The molecule has 4 rings (SSSR count). The van der Waals surface area contributed by atoms with E-state index in [1.54, 1.807) is 37.3 Å². The average molecular weight is 494 g/mol. The normalized spacial score (nSPS) is 11.7. The lowest BCUT2D eigenvalue weighted by Gasteiger charge is -2.11. The highest BCUT2D eigenvalue weighted by atomic mass is 35.5. The van der Waals surface area contributed by atoms with E-state index in [1.165, 1.54) is 41.2 Å². The Morgan fingerprint density at radius 3 is 2.57 bits per heavy atom. The quantitative estimate of drug-likeness (QED) is 0.359. The molecule has 0 fully saturated rings. The minimum absolute atomic E-state index is 0.0419. The van der Waals surface area contributed by atoms with E-state index in [0.29, 0.717) is 11.3 Å². The number of para-hydroxylation sites is 1. The van der Waals surface area contributed by atoms with Gasteiger partial charge >= 0.3 is 0 Å². The number of rotatable bonds is 7. The number of amides is 2. The minimum Gasteiger partial charge on any atom is -0.392 e. The summed E-state index contributed by atoms with van der Waals surface area (Å²) in [5, 5.41) is 19.2. The van der Waals surface area contributed by atoms with E-state index in [-0.39, 0.29) is 34.3 Å². The summed E-state index contributed by atoms with van der Waals surface area (Å²) in [5.41, 5.74) is 1.21. The van der Waals surface area contributed by atoms with Gasteiger partial charge in [0.1, 0.15) is 17.3 Å². The molecule has 1 atom stereocenters. The van der Waals surface area contributed by atoms with Crippen LogP contribution in [0.3, 0.4) is 0 Å². The Morgan fingerprint density at radius 1 is 1.09 bits per heavy atom. The standard InChI is InChI=1S/C25H21ClFN5O3/c1-15(33)14-29-25(35)21-13-22(32(31-21)17-6-3-2-4-7-17)30-24(34)18-12-16(9-10-19(18)26)23-20(27)8-5-11-28-23/h2-13,15,33H,14H2,1H3,(H,29,35)(H,30,34)/t15-/m0/s1. The van der Waals surface area contributed by atoms with Crippen LogP contribution < -0.4 is 10.6 Å². The van der Waals surface area contributed by atoms with Gasteiger partial charge in [0.05, 0.1) is 22.4 Å². The molecule has 2 aromatic heterocycles. The van der Waals surface area contributed by atoms with Gasteiger partial charge in [-0.1, -0.05) is 35.9 Å². The molecule has 0 saturated heterocycles. The second kappa shape index (κ2) is 10.5. The van der Waals surface area contributed by atoms with Crippen LogP contribution >= 0.6 is 11.6 Å². The number of carbonyl (C=O) groups is 2. The van der Waals surface area contributed by atoms with Crippen molar-refractivity contribution in [2.75, 3.05) is 11.9 Å². The Bertz CT molecular complexity index is 1370. The predicted molar refractivity (Wildman–Crippen MR) is 130 cm³/mol. The van der Waals surface area contributed by atoms with Gasteiger partial charge in [0.2, 0.25) is 0 Å². The van der Waals surface area contributed by atoms with E-state index in [9.17, 15) is 19.1 Å². The van der Waals surface area contributed by atoms with Crippen LogP contribution in [0.4, 0.5) is 10.2 Å². The molecule has 8 nitrogen and oxygen atoms in total. The zero-order valence-electron chi connectivity index (χ0n) is 18.6. The second-order valence-electron chi connectivity index (χ2n) is 7.70. The lowest BCUT2D eigenvalue weighted by Crippen LogP contribution is -2.30. The molecular formula is C25H21ClFN5O3. The fraction of sp³-hybridized carbons (Fsp3) is 0.120. The summed E-state index contributed by atoms with van der Waals surface area (Å²) in [6, 6.07) is 17.6. The third-order valence-electron chi connectivity index (χ3n) is 4.99. The number of anilines is 1. The van der Waals surface area contributed by atoms with Gasteiger partial charge in [-0.15, -0.1) is 0 Å². The van der Waals surface area contributed by atoms with Gasteiger partial charge in [-0.25, -0.2) is 9.07 Å². The van der Waals surface area contributed by atoms with Crippen LogP contribution in [-0.4, -0.2) is 44.3 Å². The fourth-order valence-corrected chi connectivity index (χ4v) is 3.51. The summed E-state index contributed by atoms with van der Waals surface area (Å²) in [7, 11) is 0. The van der Waals surface area contributed by atoms with Crippen LogP contribution in [0, 0.1) is 5.82 Å². The van der Waals surface area contributed by atoms with Crippen LogP contribution in [0.5, 0.6) is 0 Å². The van der Waals surface area contributed by atoms with Gasteiger partial charge in [0.25, 0.3) is 11.8 Å². The number of aromatic nitrogens is 3. The van der Waals surface area contributed by atoms with Crippen molar-refractivity contribution in [3.63, 3.8) is 0 Å². The first-order valence-electron chi connectivity index (χ1n) is 10.7. The molecule has 2 heterocycles. The maximum atomic E-state index is 14.2. The first-order valence-corrected chi connectivity index (χ1v) is 11.0. The van der Waals surface area contributed by atoms with E-state index in [1.807, 2.05) is 6.07 Å². The summed E-state index contributed by atoms with van der Waals surface area (Å²) in [5.74, 6) is -1.41. The maximum Gasteiger partial charge on any atom is 0.271 e. The number of carbonyl (C=O) groups excluding carboxylic acids is 2. The van der Waals surface area contributed by atoms with Crippen molar-refractivity contribution in [3.05, 3.63) is 95.0 Å². The summed E-state index contributed by atoms with van der Waals surface area (Å²) < 4.78 is 15.6. The molecule has 4 aromatic rings. The molecule has 0 unspecified atom stereocenters. The molecule has 0 aliphatic heterocycles. The summed E-state index contributed by atoms with van der Waals surface area (Å²) in [4.78, 5) is 29.8. The van der Waals surface area contributed by atoms with E-state index >= 15 is 0 Å². The molecule has 35 heavy (non-hydrogen) atoms. The Labute approximate surface area is 205 Å². The zero-order chi connectivity index (χ0) is 24.9. The number of nitrogens with one attached hydrogen (secondary N) is 2. The highest BCUT2D eigenvalue weighted by molar-refractivity contribution is 6.34. The molecule has 2 amide bonds. The Hall–Kier alpha value is -4.08. The monoisotopic (exact) mass is 493 g/mol. The number of hydrogen-bond donors (Lipinski definition) is 3. The lowest BCUT2D eigenvalue weighted by atomic mass is 10.1. The fourth-order valence-electron chi connectivity index (χ4n) is 3.31. The number of hydrogen-bond acceptors (Lipinski definition) is 5. The third-order valence-corrected chi connectivity index (χ3v) is 5.31. The number of pyridine rings is 1. The molecule has 10 heteroatoms. The van der Waals surface area contributed by atoms with Gasteiger partial charge in [-0.3, -0.25) is 14.6 Å². The molecular weight excluding hydrogens is 473 g/mol. The SMILES string of the molecule is C[C@H](O)CNC(=O)c1cc(NC(=O)c2cc(-c3ncccc3F)ccc2Cl)n(-c2ccccc2)n1. The lowest BCUT2D eigenvalue weighted by molar-refractivity contribution is 0.0918. The Kier molecular flexibility index (Phi) is 7.19. The highest BCUT2D eigenvalue weighted by Crippen LogP contribution is 2.27. The number of benzene rings is 2. The first kappa shape index (κ1) is 24.1. The molecule has 0 saturated carbocycles. The molecule has 0 aliphatic rings. The van der Waals surface area contributed by atoms with E-state index in [2.05, 4.69) is 20.7 Å². The van der Waals surface area contributed by atoms with Crippen molar-refractivity contribution in [3.8, 4) is 16.9 Å². The Morgan fingerprint density at radius 2 is 1.86 bits per heavy atom.